The first-order valence-corrected chi connectivity index (χ1v) is 9.07. The second-order valence-corrected chi connectivity index (χ2v) is 6.77. The van der Waals surface area contributed by atoms with Gasteiger partial charge in [-0.15, -0.1) is 0 Å². The summed E-state index contributed by atoms with van der Waals surface area (Å²) in [4.78, 5) is 0. The molecule has 4 heteroatoms. The molecule has 2 N–H and O–H groups in total. The van der Waals surface area contributed by atoms with Crippen molar-refractivity contribution in [1.29, 1.82) is 0 Å². The van der Waals surface area contributed by atoms with Crippen molar-refractivity contribution in [3.63, 3.8) is 0 Å². The number of aromatic nitrogens is 1. The summed E-state index contributed by atoms with van der Waals surface area (Å²) in [5, 5.41) is 2.32. The van der Waals surface area contributed by atoms with E-state index in [1.54, 1.807) is 4.68 Å². The topological polar surface area (TPSA) is 49.4 Å². The van der Waals surface area contributed by atoms with Gasteiger partial charge in [-0.3, -0.25) is 4.68 Å². The molecule has 2 heterocycles. The van der Waals surface area contributed by atoms with Crippen LogP contribution in [0.2, 0.25) is 0 Å². The minimum absolute atomic E-state index is 0.198. The number of hydrogen-bond acceptors (Lipinski definition) is 3. The van der Waals surface area contributed by atoms with E-state index in [9.17, 15) is 0 Å². The highest BCUT2D eigenvalue weighted by molar-refractivity contribution is 5.97. The van der Waals surface area contributed by atoms with Crippen molar-refractivity contribution < 1.29 is 9.47 Å². The molecular weight excluding hydrogens is 336 g/mol. The summed E-state index contributed by atoms with van der Waals surface area (Å²) in [7, 11) is 0. The Morgan fingerprint density at radius 2 is 1.56 bits per heavy atom. The van der Waals surface area contributed by atoms with Crippen LogP contribution in [0.1, 0.15) is 18.8 Å². The molecular formula is C23H20N2O2. The maximum atomic E-state index is 6.62. The molecule has 0 radical (unpaired) electrons. The van der Waals surface area contributed by atoms with Gasteiger partial charge in [0.15, 0.2) is 12.6 Å². The van der Waals surface area contributed by atoms with Gasteiger partial charge in [0.1, 0.15) is 0 Å². The van der Waals surface area contributed by atoms with Crippen LogP contribution in [0.3, 0.4) is 0 Å². The Kier molecular flexibility index (Phi) is 3.74. The van der Waals surface area contributed by atoms with Gasteiger partial charge in [0.25, 0.3) is 0 Å². The third-order valence-electron chi connectivity index (χ3n) is 5.06. The SMILES string of the molecule is CC1OC(c2cc(-c3ccccc3)n(N)c2-c2cccc3ccccc23)O1. The molecule has 0 bridgehead atoms. The lowest BCUT2D eigenvalue weighted by Crippen LogP contribution is -2.31. The molecule has 1 saturated heterocycles. The van der Waals surface area contributed by atoms with Crippen LogP contribution in [0.4, 0.5) is 0 Å². The Morgan fingerprint density at radius 1 is 0.852 bits per heavy atom. The zero-order valence-corrected chi connectivity index (χ0v) is 15.0. The molecule has 0 aliphatic carbocycles. The summed E-state index contributed by atoms with van der Waals surface area (Å²) >= 11 is 0. The Morgan fingerprint density at radius 3 is 2.33 bits per heavy atom. The summed E-state index contributed by atoms with van der Waals surface area (Å²) < 4.78 is 13.4. The van der Waals surface area contributed by atoms with Crippen LogP contribution < -0.4 is 5.84 Å². The number of ether oxygens (including phenoxy) is 2. The van der Waals surface area contributed by atoms with E-state index < -0.39 is 6.29 Å². The highest BCUT2D eigenvalue weighted by Crippen LogP contribution is 2.42. The molecule has 1 aliphatic rings. The van der Waals surface area contributed by atoms with E-state index in [-0.39, 0.29) is 6.29 Å². The van der Waals surface area contributed by atoms with E-state index in [1.165, 1.54) is 5.39 Å². The minimum atomic E-state index is -0.402. The van der Waals surface area contributed by atoms with Crippen molar-refractivity contribution in [2.75, 3.05) is 5.84 Å². The lowest BCUT2D eigenvalue weighted by atomic mass is 9.99. The van der Waals surface area contributed by atoms with E-state index in [2.05, 4.69) is 48.5 Å². The van der Waals surface area contributed by atoms with Gasteiger partial charge in [0, 0.05) is 16.7 Å². The van der Waals surface area contributed by atoms with Crippen molar-refractivity contribution >= 4 is 10.8 Å². The first-order valence-electron chi connectivity index (χ1n) is 9.07. The van der Waals surface area contributed by atoms with Crippen LogP contribution >= 0.6 is 0 Å². The van der Waals surface area contributed by atoms with Crippen molar-refractivity contribution in [2.24, 2.45) is 0 Å². The quantitative estimate of drug-likeness (QED) is 0.521. The fourth-order valence-corrected chi connectivity index (χ4v) is 3.78. The van der Waals surface area contributed by atoms with Gasteiger partial charge in [-0.05, 0) is 23.8 Å². The molecule has 3 aromatic carbocycles. The van der Waals surface area contributed by atoms with E-state index in [0.717, 1.165) is 33.5 Å². The Hall–Kier alpha value is -3.08. The Balaban J connectivity index is 1.76. The predicted octanol–water partition coefficient (Wildman–Crippen LogP) is 5.08. The molecule has 1 aliphatic heterocycles. The van der Waals surface area contributed by atoms with Gasteiger partial charge >= 0.3 is 0 Å². The number of hydrogen-bond donors (Lipinski definition) is 1. The molecule has 0 spiro atoms. The molecule has 4 nitrogen and oxygen atoms in total. The van der Waals surface area contributed by atoms with Gasteiger partial charge in [-0.2, -0.15) is 0 Å². The second-order valence-electron chi connectivity index (χ2n) is 6.77. The smallest absolute Gasteiger partial charge is 0.192 e. The molecule has 4 aromatic rings. The van der Waals surface area contributed by atoms with Crippen LogP contribution in [0, 0.1) is 0 Å². The number of nitrogens with two attached hydrogens (primary N) is 1. The van der Waals surface area contributed by atoms with Crippen LogP contribution in [0.15, 0.2) is 78.9 Å². The molecule has 5 rings (SSSR count). The predicted molar refractivity (Wildman–Crippen MR) is 107 cm³/mol. The number of nitrogen functional groups attached to an aromatic ring is 1. The number of benzene rings is 3. The van der Waals surface area contributed by atoms with Crippen molar-refractivity contribution in [3.05, 3.63) is 84.4 Å². The average molecular weight is 356 g/mol. The van der Waals surface area contributed by atoms with E-state index >= 15 is 0 Å². The lowest BCUT2D eigenvalue weighted by Gasteiger charge is -2.34. The zero-order chi connectivity index (χ0) is 18.4. The number of fused-ring (bicyclic) bond motifs is 1. The maximum Gasteiger partial charge on any atom is 0.192 e. The standard InChI is InChI=1S/C23H20N2O2/c1-15-26-23(27-15)20-14-21(17-9-3-2-4-10-17)25(24)22(20)19-13-7-11-16-8-5-6-12-18(16)19/h2-15,23H,24H2,1H3. The van der Waals surface area contributed by atoms with Gasteiger partial charge in [-0.25, -0.2) is 0 Å². The van der Waals surface area contributed by atoms with E-state index in [0.29, 0.717) is 0 Å². The summed E-state index contributed by atoms with van der Waals surface area (Å²) in [5.41, 5.74) is 4.92. The molecule has 0 unspecified atom stereocenters. The summed E-state index contributed by atoms with van der Waals surface area (Å²) in [5.74, 6) is 6.62. The second kappa shape index (κ2) is 6.27. The van der Waals surface area contributed by atoms with Gasteiger partial charge in [0.2, 0.25) is 0 Å². The molecule has 27 heavy (non-hydrogen) atoms. The summed E-state index contributed by atoms with van der Waals surface area (Å²) in [6.07, 6.45) is -0.599. The average Bonchev–Trinajstić information content (AvgIpc) is 3.02. The monoisotopic (exact) mass is 356 g/mol. The first-order chi connectivity index (χ1) is 13.2. The first kappa shape index (κ1) is 16.1. The van der Waals surface area contributed by atoms with Crippen LogP contribution in [0.5, 0.6) is 0 Å². The van der Waals surface area contributed by atoms with Crippen molar-refractivity contribution in [2.45, 2.75) is 19.5 Å². The van der Waals surface area contributed by atoms with Gasteiger partial charge < -0.3 is 15.3 Å². The molecule has 1 aromatic heterocycles. The van der Waals surface area contributed by atoms with E-state index in [4.69, 9.17) is 15.3 Å². The molecule has 0 saturated carbocycles. The van der Waals surface area contributed by atoms with Gasteiger partial charge in [0.05, 0.1) is 11.4 Å². The third-order valence-corrected chi connectivity index (χ3v) is 5.06. The number of rotatable bonds is 3. The molecule has 134 valence electrons. The van der Waals surface area contributed by atoms with Crippen molar-refractivity contribution in [1.82, 2.24) is 4.68 Å². The summed E-state index contributed by atoms with van der Waals surface area (Å²) in [6.45, 7) is 1.89. The van der Waals surface area contributed by atoms with Crippen LogP contribution in [-0.4, -0.2) is 11.0 Å². The van der Waals surface area contributed by atoms with E-state index in [1.807, 2.05) is 37.3 Å². The summed E-state index contributed by atoms with van der Waals surface area (Å²) in [6, 6.07) is 26.8. The molecule has 1 fully saturated rings. The highest BCUT2D eigenvalue weighted by atomic mass is 16.9. The van der Waals surface area contributed by atoms with Crippen LogP contribution in [0.25, 0.3) is 33.3 Å². The minimum Gasteiger partial charge on any atom is -0.339 e. The van der Waals surface area contributed by atoms with Crippen LogP contribution in [-0.2, 0) is 9.47 Å². The normalized spacial score (nSPS) is 19.1. The Bertz CT molecular complexity index is 1110. The molecule has 0 atom stereocenters. The largest absolute Gasteiger partial charge is 0.339 e. The Labute approximate surface area is 157 Å². The maximum absolute atomic E-state index is 6.62. The number of nitrogens with zero attached hydrogens (tertiary/aromatic N) is 1. The lowest BCUT2D eigenvalue weighted by molar-refractivity contribution is -0.382. The van der Waals surface area contributed by atoms with Gasteiger partial charge in [-0.1, -0.05) is 72.8 Å². The fourth-order valence-electron chi connectivity index (χ4n) is 3.78. The zero-order valence-electron chi connectivity index (χ0n) is 15.0. The molecule has 0 amide bonds. The van der Waals surface area contributed by atoms with Crippen molar-refractivity contribution in [3.8, 4) is 22.5 Å². The fraction of sp³-hybridized carbons (Fsp3) is 0.130. The third kappa shape index (κ3) is 2.62. The highest BCUT2D eigenvalue weighted by Gasteiger charge is 2.33.